The number of hydrogen-bond acceptors (Lipinski definition) is 6. The summed E-state index contributed by atoms with van der Waals surface area (Å²) in [6.07, 6.45) is 0. The van der Waals surface area contributed by atoms with Crippen LogP contribution in [0.5, 0.6) is 0 Å². The molecule has 0 radical (unpaired) electrons. The van der Waals surface area contributed by atoms with Crippen LogP contribution >= 0.6 is 27.7 Å². The number of benzene rings is 1. The van der Waals surface area contributed by atoms with Crippen LogP contribution in [0.4, 0.5) is 4.39 Å². The molecular weight excluding hydrogens is 399 g/mol. The summed E-state index contributed by atoms with van der Waals surface area (Å²) in [6.45, 7) is 3.51. The van der Waals surface area contributed by atoms with Gasteiger partial charge in [-0.25, -0.2) is 9.37 Å². The molecule has 24 heavy (non-hydrogen) atoms. The zero-order chi connectivity index (χ0) is 17.3. The van der Waals surface area contributed by atoms with E-state index in [9.17, 15) is 9.18 Å². The van der Waals surface area contributed by atoms with E-state index in [1.54, 1.807) is 26.0 Å². The maximum absolute atomic E-state index is 13.3. The minimum absolute atomic E-state index is 0.160. The Balaban J connectivity index is 1.74. The van der Waals surface area contributed by atoms with E-state index >= 15 is 0 Å². The van der Waals surface area contributed by atoms with Crippen molar-refractivity contribution >= 4 is 27.7 Å². The van der Waals surface area contributed by atoms with Gasteiger partial charge in [0, 0.05) is 16.8 Å². The number of nitrogens with one attached hydrogen (secondary N) is 1. The van der Waals surface area contributed by atoms with Gasteiger partial charge in [-0.2, -0.15) is 4.98 Å². The first-order valence-corrected chi connectivity index (χ1v) is 8.70. The Morgan fingerprint density at radius 1 is 1.33 bits per heavy atom. The molecule has 0 fully saturated rings. The highest BCUT2D eigenvalue weighted by Crippen LogP contribution is 2.24. The Kier molecular flexibility index (Phi) is 4.81. The molecule has 0 unspecified atom stereocenters. The highest BCUT2D eigenvalue weighted by molar-refractivity contribution is 9.10. The number of thioether (sulfide) groups is 1. The second-order valence-electron chi connectivity index (χ2n) is 5.01. The zero-order valence-electron chi connectivity index (χ0n) is 12.8. The largest absolute Gasteiger partial charge is 0.338 e. The van der Waals surface area contributed by atoms with Crippen molar-refractivity contribution in [3.05, 3.63) is 56.0 Å². The van der Waals surface area contributed by atoms with E-state index in [4.69, 9.17) is 4.52 Å². The van der Waals surface area contributed by atoms with Crippen molar-refractivity contribution in [1.29, 1.82) is 0 Å². The van der Waals surface area contributed by atoms with Gasteiger partial charge >= 0.3 is 0 Å². The summed E-state index contributed by atoms with van der Waals surface area (Å²) in [5.41, 5.74) is 1.76. The number of rotatable bonds is 4. The first-order chi connectivity index (χ1) is 11.4. The standard InChI is InChI=1S/C15H12BrFN4O2S/c1-7-8(2)18-15(20-14(7)22)24-6-12-19-13(21-23-12)9-3-4-11(17)10(16)5-9/h3-5H,6H2,1-2H3,(H,18,20,22). The lowest BCUT2D eigenvalue weighted by Crippen LogP contribution is -2.14. The maximum Gasteiger partial charge on any atom is 0.254 e. The van der Waals surface area contributed by atoms with Crippen LogP contribution in [0.25, 0.3) is 11.4 Å². The Hall–Kier alpha value is -2.00. The van der Waals surface area contributed by atoms with Crippen LogP contribution in [-0.4, -0.2) is 20.1 Å². The quantitative estimate of drug-likeness (QED) is 0.522. The molecule has 3 aromatic rings. The monoisotopic (exact) mass is 410 g/mol. The van der Waals surface area contributed by atoms with E-state index in [1.165, 1.54) is 17.8 Å². The highest BCUT2D eigenvalue weighted by Gasteiger charge is 2.12. The smallest absolute Gasteiger partial charge is 0.254 e. The Labute approximate surface area is 149 Å². The van der Waals surface area contributed by atoms with Crippen molar-refractivity contribution in [3.8, 4) is 11.4 Å². The molecule has 1 aromatic carbocycles. The number of nitrogens with zero attached hydrogens (tertiary/aromatic N) is 3. The molecule has 2 heterocycles. The summed E-state index contributed by atoms with van der Waals surface area (Å²) in [7, 11) is 0. The number of aromatic amines is 1. The van der Waals surface area contributed by atoms with Crippen molar-refractivity contribution in [1.82, 2.24) is 20.1 Å². The molecule has 0 saturated carbocycles. The van der Waals surface area contributed by atoms with Gasteiger partial charge in [0.25, 0.3) is 5.56 Å². The van der Waals surface area contributed by atoms with E-state index in [-0.39, 0.29) is 11.4 Å². The number of hydrogen-bond donors (Lipinski definition) is 1. The Morgan fingerprint density at radius 2 is 2.12 bits per heavy atom. The molecule has 1 N–H and O–H groups in total. The molecule has 6 nitrogen and oxygen atoms in total. The SMILES string of the molecule is Cc1nc(SCc2nc(-c3ccc(F)c(Br)c3)no2)[nH]c(=O)c1C. The molecule has 0 aliphatic rings. The highest BCUT2D eigenvalue weighted by atomic mass is 79.9. The van der Waals surface area contributed by atoms with Crippen molar-refractivity contribution < 1.29 is 8.91 Å². The minimum Gasteiger partial charge on any atom is -0.338 e. The average Bonchev–Trinajstić information content (AvgIpc) is 3.02. The van der Waals surface area contributed by atoms with Gasteiger partial charge in [0.05, 0.1) is 10.2 Å². The molecular formula is C15H12BrFN4O2S. The predicted molar refractivity (Wildman–Crippen MR) is 91.3 cm³/mol. The molecule has 0 aliphatic carbocycles. The van der Waals surface area contributed by atoms with E-state index in [0.29, 0.717) is 43.9 Å². The molecule has 0 bridgehead atoms. The second kappa shape index (κ2) is 6.86. The van der Waals surface area contributed by atoms with Crippen LogP contribution in [-0.2, 0) is 5.75 Å². The van der Waals surface area contributed by atoms with Crippen LogP contribution < -0.4 is 5.56 Å². The Bertz CT molecular complexity index is 957. The number of aromatic nitrogens is 4. The third-order valence-corrected chi connectivity index (χ3v) is 4.82. The molecule has 2 aromatic heterocycles. The molecule has 0 amide bonds. The molecule has 0 aliphatic heterocycles. The number of H-pyrrole nitrogens is 1. The predicted octanol–water partition coefficient (Wildman–Crippen LogP) is 3.63. The van der Waals surface area contributed by atoms with Crippen molar-refractivity contribution in [3.63, 3.8) is 0 Å². The second-order valence-corrected chi connectivity index (χ2v) is 6.83. The normalized spacial score (nSPS) is 11.0. The molecule has 3 rings (SSSR count). The molecule has 0 spiro atoms. The van der Waals surface area contributed by atoms with Gasteiger partial charge in [-0.3, -0.25) is 4.79 Å². The summed E-state index contributed by atoms with van der Waals surface area (Å²) in [6, 6.07) is 4.48. The van der Waals surface area contributed by atoms with Gasteiger partial charge in [0.2, 0.25) is 11.7 Å². The number of halogens is 2. The summed E-state index contributed by atoms with van der Waals surface area (Å²) in [5.74, 6) is 0.757. The lowest BCUT2D eigenvalue weighted by Gasteiger charge is -2.01. The van der Waals surface area contributed by atoms with Crippen LogP contribution in [0.1, 0.15) is 17.1 Å². The van der Waals surface area contributed by atoms with E-state index in [2.05, 4.69) is 36.0 Å². The first-order valence-electron chi connectivity index (χ1n) is 6.92. The third kappa shape index (κ3) is 3.57. The zero-order valence-corrected chi connectivity index (χ0v) is 15.2. The average molecular weight is 411 g/mol. The van der Waals surface area contributed by atoms with Gasteiger partial charge in [-0.1, -0.05) is 16.9 Å². The molecule has 9 heteroatoms. The third-order valence-electron chi connectivity index (χ3n) is 3.35. The van der Waals surface area contributed by atoms with E-state index in [1.807, 2.05) is 0 Å². The van der Waals surface area contributed by atoms with Crippen LogP contribution in [0.2, 0.25) is 0 Å². The summed E-state index contributed by atoms with van der Waals surface area (Å²) < 4.78 is 18.8. The van der Waals surface area contributed by atoms with E-state index < -0.39 is 0 Å². The van der Waals surface area contributed by atoms with Crippen LogP contribution in [0.3, 0.4) is 0 Å². The van der Waals surface area contributed by atoms with Crippen molar-refractivity contribution in [2.75, 3.05) is 0 Å². The van der Waals surface area contributed by atoms with Gasteiger partial charge in [0.1, 0.15) is 5.82 Å². The van der Waals surface area contributed by atoms with Crippen molar-refractivity contribution in [2.24, 2.45) is 0 Å². The van der Waals surface area contributed by atoms with Crippen molar-refractivity contribution in [2.45, 2.75) is 24.8 Å². The molecule has 0 saturated heterocycles. The first kappa shape index (κ1) is 16.8. The fourth-order valence-corrected chi connectivity index (χ4v) is 3.01. The fourth-order valence-electron chi connectivity index (χ4n) is 1.88. The van der Waals surface area contributed by atoms with Gasteiger partial charge in [0.15, 0.2) is 5.16 Å². The molecule has 0 atom stereocenters. The lowest BCUT2D eigenvalue weighted by molar-refractivity contribution is 0.391. The Morgan fingerprint density at radius 3 is 2.83 bits per heavy atom. The fraction of sp³-hybridized carbons (Fsp3) is 0.200. The summed E-state index contributed by atoms with van der Waals surface area (Å²) in [5, 5.41) is 4.38. The topological polar surface area (TPSA) is 84.7 Å². The minimum atomic E-state index is -0.359. The maximum atomic E-state index is 13.3. The lowest BCUT2D eigenvalue weighted by atomic mass is 10.2. The number of aryl methyl sites for hydroxylation is 1. The van der Waals surface area contributed by atoms with Gasteiger partial charge < -0.3 is 9.51 Å². The van der Waals surface area contributed by atoms with Gasteiger partial charge in [-0.15, -0.1) is 0 Å². The van der Waals surface area contributed by atoms with Crippen LogP contribution in [0, 0.1) is 19.7 Å². The summed E-state index contributed by atoms with van der Waals surface area (Å²) >= 11 is 4.42. The molecule has 124 valence electrons. The van der Waals surface area contributed by atoms with Gasteiger partial charge in [-0.05, 0) is 48.0 Å². The summed E-state index contributed by atoms with van der Waals surface area (Å²) in [4.78, 5) is 23.0. The van der Waals surface area contributed by atoms with Crippen LogP contribution in [0.15, 0.2) is 37.1 Å². The van der Waals surface area contributed by atoms with E-state index in [0.717, 1.165) is 0 Å².